The van der Waals surface area contributed by atoms with E-state index in [4.69, 9.17) is 9.47 Å². The minimum absolute atomic E-state index is 0.339. The standard InChI is InChI=1S/C21H24N2O5/c1-4-27-17-11-9-16(10-12-17)21(26)22-13-19(24)28-15(3)20(25)23-18-8-6-5-7-14(18)2/h5-12,15H,4,13H2,1-3H3,(H,22,26)(H,23,25). The van der Waals surface area contributed by atoms with Gasteiger partial charge < -0.3 is 20.1 Å². The Balaban J connectivity index is 1.80. The van der Waals surface area contributed by atoms with Crippen LogP contribution in [0.15, 0.2) is 48.5 Å². The lowest BCUT2D eigenvalue weighted by Crippen LogP contribution is -2.35. The van der Waals surface area contributed by atoms with Crippen molar-refractivity contribution in [3.8, 4) is 5.75 Å². The molecule has 0 saturated heterocycles. The Bertz CT molecular complexity index is 833. The second-order valence-corrected chi connectivity index (χ2v) is 6.08. The SMILES string of the molecule is CCOc1ccc(C(=O)NCC(=O)OC(C)C(=O)Nc2ccccc2C)cc1. The van der Waals surface area contributed by atoms with E-state index in [1.807, 2.05) is 26.0 Å². The van der Waals surface area contributed by atoms with E-state index in [-0.39, 0.29) is 6.54 Å². The Hall–Kier alpha value is -3.35. The number of hydrogen-bond donors (Lipinski definition) is 2. The number of amides is 2. The number of para-hydroxylation sites is 1. The van der Waals surface area contributed by atoms with Crippen LogP contribution < -0.4 is 15.4 Å². The molecule has 0 aliphatic carbocycles. The predicted octanol–water partition coefficient (Wildman–Crippen LogP) is 2.69. The van der Waals surface area contributed by atoms with E-state index in [2.05, 4.69) is 10.6 Å². The zero-order chi connectivity index (χ0) is 20.5. The third-order valence-corrected chi connectivity index (χ3v) is 3.90. The number of rotatable bonds is 8. The summed E-state index contributed by atoms with van der Waals surface area (Å²) in [6.45, 7) is 5.40. The molecule has 0 bridgehead atoms. The third-order valence-electron chi connectivity index (χ3n) is 3.90. The third kappa shape index (κ3) is 6.12. The van der Waals surface area contributed by atoms with Crippen LogP contribution in [0.1, 0.15) is 29.8 Å². The number of benzene rings is 2. The molecule has 2 N–H and O–H groups in total. The maximum absolute atomic E-state index is 12.2. The lowest BCUT2D eigenvalue weighted by atomic mass is 10.2. The number of ether oxygens (including phenoxy) is 2. The molecule has 2 amide bonds. The Morgan fingerprint density at radius 3 is 2.36 bits per heavy atom. The predicted molar refractivity (Wildman–Crippen MR) is 105 cm³/mol. The van der Waals surface area contributed by atoms with Crippen molar-refractivity contribution in [1.82, 2.24) is 5.32 Å². The fourth-order valence-electron chi connectivity index (χ4n) is 2.36. The minimum Gasteiger partial charge on any atom is -0.494 e. The van der Waals surface area contributed by atoms with Crippen molar-refractivity contribution in [2.24, 2.45) is 0 Å². The first-order valence-electron chi connectivity index (χ1n) is 8.97. The van der Waals surface area contributed by atoms with Gasteiger partial charge in [-0.15, -0.1) is 0 Å². The maximum atomic E-state index is 12.2. The zero-order valence-electron chi connectivity index (χ0n) is 16.2. The highest BCUT2D eigenvalue weighted by Crippen LogP contribution is 2.14. The number of carbonyl (C=O) groups is 3. The van der Waals surface area contributed by atoms with Gasteiger partial charge in [-0.25, -0.2) is 0 Å². The summed E-state index contributed by atoms with van der Waals surface area (Å²) < 4.78 is 10.4. The summed E-state index contributed by atoms with van der Waals surface area (Å²) in [4.78, 5) is 36.2. The smallest absolute Gasteiger partial charge is 0.326 e. The number of anilines is 1. The van der Waals surface area contributed by atoms with E-state index < -0.39 is 23.9 Å². The number of hydrogen-bond acceptors (Lipinski definition) is 5. The van der Waals surface area contributed by atoms with E-state index in [9.17, 15) is 14.4 Å². The van der Waals surface area contributed by atoms with Crippen molar-refractivity contribution >= 4 is 23.5 Å². The summed E-state index contributed by atoms with van der Waals surface area (Å²) in [5.74, 6) is -0.906. The summed E-state index contributed by atoms with van der Waals surface area (Å²) in [7, 11) is 0. The Kier molecular flexibility index (Phi) is 7.56. The topological polar surface area (TPSA) is 93.7 Å². The van der Waals surface area contributed by atoms with Crippen molar-refractivity contribution < 1.29 is 23.9 Å². The van der Waals surface area contributed by atoms with Gasteiger partial charge in [0.25, 0.3) is 11.8 Å². The second kappa shape index (κ2) is 10.1. The van der Waals surface area contributed by atoms with E-state index >= 15 is 0 Å². The molecule has 28 heavy (non-hydrogen) atoms. The van der Waals surface area contributed by atoms with Gasteiger partial charge in [-0.05, 0) is 56.7 Å². The normalized spacial score (nSPS) is 11.2. The molecule has 7 nitrogen and oxygen atoms in total. The van der Waals surface area contributed by atoms with Crippen molar-refractivity contribution in [2.75, 3.05) is 18.5 Å². The van der Waals surface area contributed by atoms with Gasteiger partial charge in [0.05, 0.1) is 6.61 Å². The molecule has 2 rings (SSSR count). The largest absolute Gasteiger partial charge is 0.494 e. The monoisotopic (exact) mass is 384 g/mol. The fourth-order valence-corrected chi connectivity index (χ4v) is 2.36. The zero-order valence-corrected chi connectivity index (χ0v) is 16.2. The molecule has 1 unspecified atom stereocenters. The number of esters is 1. The highest BCUT2D eigenvalue weighted by atomic mass is 16.5. The Labute approximate surface area is 164 Å². The molecule has 0 spiro atoms. The van der Waals surface area contributed by atoms with Crippen molar-refractivity contribution in [1.29, 1.82) is 0 Å². The molecule has 0 aliphatic heterocycles. The van der Waals surface area contributed by atoms with Gasteiger partial charge in [-0.2, -0.15) is 0 Å². The first-order chi connectivity index (χ1) is 13.4. The number of nitrogens with one attached hydrogen (secondary N) is 2. The van der Waals surface area contributed by atoms with E-state index in [1.54, 1.807) is 36.4 Å². The van der Waals surface area contributed by atoms with E-state index in [1.165, 1.54) is 6.92 Å². The quantitative estimate of drug-likeness (QED) is 0.683. The second-order valence-electron chi connectivity index (χ2n) is 6.08. The first kappa shape index (κ1) is 21.0. The summed E-state index contributed by atoms with van der Waals surface area (Å²) >= 11 is 0. The van der Waals surface area contributed by atoms with Crippen LogP contribution in [-0.2, 0) is 14.3 Å². The average Bonchev–Trinajstić information content (AvgIpc) is 2.68. The Morgan fingerprint density at radius 2 is 1.71 bits per heavy atom. The van der Waals surface area contributed by atoms with Crippen molar-refractivity contribution in [3.05, 3.63) is 59.7 Å². The molecule has 0 fully saturated rings. The highest BCUT2D eigenvalue weighted by molar-refractivity contribution is 5.97. The van der Waals surface area contributed by atoms with E-state index in [0.717, 1.165) is 5.56 Å². The summed E-state index contributed by atoms with van der Waals surface area (Å²) in [6.07, 6.45) is -0.991. The van der Waals surface area contributed by atoms with E-state index in [0.29, 0.717) is 23.6 Å². The van der Waals surface area contributed by atoms with Gasteiger partial charge in [-0.1, -0.05) is 18.2 Å². The lowest BCUT2D eigenvalue weighted by Gasteiger charge is -2.15. The van der Waals surface area contributed by atoms with Crippen molar-refractivity contribution in [3.63, 3.8) is 0 Å². The summed E-state index contributed by atoms with van der Waals surface area (Å²) in [5, 5.41) is 5.17. The average molecular weight is 384 g/mol. The molecule has 148 valence electrons. The summed E-state index contributed by atoms with van der Waals surface area (Å²) in [6, 6.07) is 13.8. The molecule has 0 aromatic heterocycles. The highest BCUT2D eigenvalue weighted by Gasteiger charge is 2.19. The number of aryl methyl sites for hydroxylation is 1. The molecule has 0 saturated carbocycles. The molecule has 2 aromatic carbocycles. The molecule has 0 heterocycles. The van der Waals surface area contributed by atoms with Gasteiger partial charge in [0.2, 0.25) is 0 Å². The van der Waals surface area contributed by atoms with Crippen LogP contribution in [-0.4, -0.2) is 37.0 Å². The van der Waals surface area contributed by atoms with Gasteiger partial charge in [0, 0.05) is 11.3 Å². The molecule has 2 aromatic rings. The first-order valence-corrected chi connectivity index (χ1v) is 8.97. The molecule has 7 heteroatoms. The van der Waals surface area contributed by atoms with Crippen molar-refractivity contribution in [2.45, 2.75) is 26.9 Å². The minimum atomic E-state index is -0.991. The van der Waals surface area contributed by atoms with Gasteiger partial charge in [0.15, 0.2) is 6.10 Å². The van der Waals surface area contributed by atoms with Gasteiger partial charge >= 0.3 is 5.97 Å². The fraction of sp³-hybridized carbons (Fsp3) is 0.286. The van der Waals surface area contributed by atoms with Crippen LogP contribution in [0.5, 0.6) is 5.75 Å². The van der Waals surface area contributed by atoms with Gasteiger partial charge in [-0.3, -0.25) is 14.4 Å². The van der Waals surface area contributed by atoms with Crippen LogP contribution in [0.25, 0.3) is 0 Å². The molecular formula is C21H24N2O5. The molecule has 0 radical (unpaired) electrons. The lowest BCUT2D eigenvalue weighted by molar-refractivity contribution is -0.152. The van der Waals surface area contributed by atoms with Gasteiger partial charge in [0.1, 0.15) is 12.3 Å². The molecule has 0 aliphatic rings. The Morgan fingerprint density at radius 1 is 1.04 bits per heavy atom. The van der Waals surface area contributed by atoms with Crippen LogP contribution in [0, 0.1) is 6.92 Å². The number of carbonyl (C=O) groups excluding carboxylic acids is 3. The summed E-state index contributed by atoms with van der Waals surface area (Å²) in [5.41, 5.74) is 1.94. The molecular weight excluding hydrogens is 360 g/mol. The maximum Gasteiger partial charge on any atom is 0.326 e. The van der Waals surface area contributed by atoms with Crippen LogP contribution >= 0.6 is 0 Å². The van der Waals surface area contributed by atoms with Crippen LogP contribution in [0.4, 0.5) is 5.69 Å². The molecule has 1 atom stereocenters. The van der Waals surface area contributed by atoms with Crippen LogP contribution in [0.2, 0.25) is 0 Å². The van der Waals surface area contributed by atoms with Crippen LogP contribution in [0.3, 0.4) is 0 Å².